The first kappa shape index (κ1) is 25.2. The second-order valence-corrected chi connectivity index (χ2v) is 14.3. The van der Waals surface area contributed by atoms with Crippen LogP contribution in [0.1, 0.15) is 56.0 Å². The molecule has 4 aromatic carbocycles. The fourth-order valence-electron chi connectivity index (χ4n) is 8.81. The third kappa shape index (κ3) is 3.14. The summed E-state index contributed by atoms with van der Waals surface area (Å²) in [6, 6.07) is 37.4. The highest BCUT2D eigenvalue weighted by atomic mass is 32.1. The molecule has 9 rings (SSSR count). The maximum atomic E-state index is 5.49. The molecule has 0 saturated carbocycles. The van der Waals surface area contributed by atoms with Crippen molar-refractivity contribution < 1.29 is 0 Å². The highest BCUT2D eigenvalue weighted by Crippen LogP contribution is 2.66. The van der Waals surface area contributed by atoms with E-state index in [1.165, 1.54) is 43.4 Å². The van der Waals surface area contributed by atoms with Crippen LogP contribution in [-0.2, 0) is 17.3 Å². The number of para-hydroxylation sites is 1. The number of fused-ring (bicyclic) bond motifs is 10. The molecular weight excluding hydrogens is 543 g/mol. The van der Waals surface area contributed by atoms with Crippen LogP contribution < -0.4 is 0 Å². The van der Waals surface area contributed by atoms with E-state index in [1.54, 1.807) is 11.3 Å². The zero-order valence-electron chi connectivity index (χ0n) is 24.9. The van der Waals surface area contributed by atoms with Crippen molar-refractivity contribution in [3.05, 3.63) is 126 Å². The predicted octanol–water partition coefficient (Wildman–Crippen LogP) is 9.98. The summed E-state index contributed by atoms with van der Waals surface area (Å²) >= 11 is 1.79. The van der Waals surface area contributed by atoms with Crippen LogP contribution in [0.5, 0.6) is 0 Å². The zero-order valence-corrected chi connectivity index (χ0v) is 25.7. The molecule has 0 fully saturated rings. The van der Waals surface area contributed by atoms with E-state index in [0.717, 1.165) is 33.8 Å². The Morgan fingerprint density at radius 1 is 0.767 bits per heavy atom. The zero-order chi connectivity index (χ0) is 29.1. The minimum Gasteiger partial charge on any atom is -0.281 e. The molecule has 3 aromatic heterocycles. The molecule has 0 aliphatic heterocycles. The Labute approximate surface area is 255 Å². The van der Waals surface area contributed by atoms with Gasteiger partial charge in [0.25, 0.3) is 0 Å². The minimum atomic E-state index is -0.148. The molecule has 3 atom stereocenters. The number of hydrogen-bond donors (Lipinski definition) is 0. The number of thiophene rings is 1. The van der Waals surface area contributed by atoms with Crippen molar-refractivity contribution in [3.63, 3.8) is 0 Å². The molecule has 0 N–H and O–H groups in total. The van der Waals surface area contributed by atoms with E-state index in [-0.39, 0.29) is 10.8 Å². The van der Waals surface area contributed by atoms with E-state index >= 15 is 0 Å². The monoisotopic (exact) mass is 575 g/mol. The van der Waals surface area contributed by atoms with Crippen molar-refractivity contribution in [3.8, 4) is 17.2 Å². The summed E-state index contributed by atoms with van der Waals surface area (Å²) in [6.07, 6.45) is 1.04. The Balaban J connectivity index is 1.43. The van der Waals surface area contributed by atoms with E-state index in [2.05, 4.69) is 135 Å². The average Bonchev–Trinajstić information content (AvgIpc) is 3.63. The van der Waals surface area contributed by atoms with Gasteiger partial charge in [-0.15, -0.1) is 11.3 Å². The van der Waals surface area contributed by atoms with Gasteiger partial charge >= 0.3 is 0 Å². The lowest BCUT2D eigenvalue weighted by molar-refractivity contribution is 0.190. The smallest absolute Gasteiger partial charge is 0.235 e. The molecule has 7 aromatic rings. The first-order chi connectivity index (χ1) is 20.9. The molecule has 2 aliphatic rings. The Kier molecular flexibility index (Phi) is 5.07. The number of nitrogens with zero attached hydrogens (tertiary/aromatic N) is 3. The van der Waals surface area contributed by atoms with Crippen molar-refractivity contribution >= 4 is 42.5 Å². The van der Waals surface area contributed by atoms with Crippen LogP contribution in [0.25, 0.3) is 48.4 Å². The molecular formula is C39H33N3S. The van der Waals surface area contributed by atoms with Crippen molar-refractivity contribution in [1.82, 2.24) is 14.5 Å². The van der Waals surface area contributed by atoms with Gasteiger partial charge in [0.05, 0.1) is 21.4 Å². The molecule has 0 radical (unpaired) electrons. The topological polar surface area (TPSA) is 30.7 Å². The van der Waals surface area contributed by atoms with Gasteiger partial charge in [-0.25, -0.2) is 9.97 Å². The van der Waals surface area contributed by atoms with E-state index in [4.69, 9.17) is 9.97 Å². The Bertz CT molecular complexity index is 2240. The van der Waals surface area contributed by atoms with Crippen molar-refractivity contribution in [2.45, 2.75) is 50.9 Å². The molecule has 3 heterocycles. The van der Waals surface area contributed by atoms with Crippen molar-refractivity contribution in [1.29, 1.82) is 0 Å². The number of rotatable bonds is 2. The van der Waals surface area contributed by atoms with Crippen LogP contribution in [0, 0.1) is 5.92 Å². The fraction of sp³-hybridized carbons (Fsp3) is 0.231. The van der Waals surface area contributed by atoms with Crippen LogP contribution in [0.3, 0.4) is 0 Å². The molecule has 3 nitrogen and oxygen atoms in total. The second-order valence-electron chi connectivity index (χ2n) is 13.3. The lowest BCUT2D eigenvalue weighted by Crippen LogP contribution is -2.48. The third-order valence-corrected chi connectivity index (χ3v) is 12.1. The normalized spacial score (nSPS) is 22.1. The summed E-state index contributed by atoms with van der Waals surface area (Å²) in [5.41, 5.74) is 9.98. The summed E-state index contributed by atoms with van der Waals surface area (Å²) in [7, 11) is 0. The van der Waals surface area contributed by atoms with Crippen LogP contribution >= 0.6 is 11.3 Å². The number of benzene rings is 4. The van der Waals surface area contributed by atoms with Crippen LogP contribution in [-0.4, -0.2) is 14.5 Å². The summed E-state index contributed by atoms with van der Waals surface area (Å²) < 4.78 is 4.84. The standard InChI is InChI=1S/C39H33N3S/c1-23-22-28-25-16-9-12-20-30(25)42(36(28)39(4)32(23)26-17-8-11-19-29(26)38(39,2)3)37-40-33(24-14-6-5-7-15-24)35-34(41-37)27-18-10-13-21-31(27)43-35/h5-21,23,32H,22H2,1-4H3. The van der Waals surface area contributed by atoms with E-state index in [1.807, 2.05) is 0 Å². The summed E-state index contributed by atoms with van der Waals surface area (Å²) in [5.74, 6) is 1.70. The van der Waals surface area contributed by atoms with Gasteiger partial charge in [-0.2, -0.15) is 0 Å². The van der Waals surface area contributed by atoms with Crippen molar-refractivity contribution in [2.24, 2.45) is 5.92 Å². The Hall–Kier alpha value is -4.28. The lowest BCUT2D eigenvalue weighted by atomic mass is 9.55. The first-order valence-electron chi connectivity index (χ1n) is 15.4. The summed E-state index contributed by atoms with van der Waals surface area (Å²) in [5, 5.41) is 2.52. The third-order valence-electron chi connectivity index (χ3n) is 10.9. The highest BCUT2D eigenvalue weighted by Gasteiger charge is 2.61. The highest BCUT2D eigenvalue weighted by molar-refractivity contribution is 7.26. The quantitative estimate of drug-likeness (QED) is 0.205. The van der Waals surface area contributed by atoms with Gasteiger partial charge in [0.15, 0.2) is 0 Å². The SMILES string of the molecule is CC1Cc2c(n(-c3nc(-c4ccccc4)c4sc5ccccc5c4n3)c3ccccc23)C2(C)C1c1ccccc1C2(C)C. The molecule has 4 heteroatoms. The van der Waals surface area contributed by atoms with E-state index in [9.17, 15) is 0 Å². The van der Waals surface area contributed by atoms with Gasteiger partial charge < -0.3 is 0 Å². The molecule has 0 bridgehead atoms. The van der Waals surface area contributed by atoms with Crippen LogP contribution in [0.4, 0.5) is 0 Å². The number of hydrogen-bond acceptors (Lipinski definition) is 3. The Morgan fingerprint density at radius 3 is 2.30 bits per heavy atom. The minimum absolute atomic E-state index is 0.0781. The molecule has 0 amide bonds. The number of aromatic nitrogens is 3. The maximum Gasteiger partial charge on any atom is 0.235 e. The first-order valence-corrected chi connectivity index (χ1v) is 16.2. The largest absolute Gasteiger partial charge is 0.281 e. The summed E-state index contributed by atoms with van der Waals surface area (Å²) in [4.78, 5) is 11.0. The second kappa shape index (κ2) is 8.64. The van der Waals surface area contributed by atoms with Crippen LogP contribution in [0.2, 0.25) is 0 Å². The fourth-order valence-corrected chi connectivity index (χ4v) is 9.97. The maximum absolute atomic E-state index is 5.49. The van der Waals surface area contributed by atoms with Crippen LogP contribution in [0.15, 0.2) is 103 Å². The molecule has 3 unspecified atom stereocenters. The van der Waals surface area contributed by atoms with E-state index < -0.39 is 0 Å². The molecule has 0 spiro atoms. The summed E-state index contributed by atoms with van der Waals surface area (Å²) in [6.45, 7) is 9.91. The van der Waals surface area contributed by atoms with Gasteiger partial charge in [0, 0.05) is 37.6 Å². The van der Waals surface area contributed by atoms with Crippen molar-refractivity contribution in [2.75, 3.05) is 0 Å². The van der Waals surface area contributed by atoms with E-state index in [0.29, 0.717) is 11.8 Å². The van der Waals surface area contributed by atoms with Gasteiger partial charge in [-0.05, 0) is 47.1 Å². The van der Waals surface area contributed by atoms with Gasteiger partial charge in [0.1, 0.15) is 0 Å². The average molecular weight is 576 g/mol. The molecule has 0 saturated heterocycles. The molecule has 210 valence electrons. The lowest BCUT2D eigenvalue weighted by Gasteiger charge is -2.49. The molecule has 43 heavy (non-hydrogen) atoms. The van der Waals surface area contributed by atoms with Gasteiger partial charge in [0.2, 0.25) is 5.95 Å². The molecule has 2 aliphatic carbocycles. The van der Waals surface area contributed by atoms with Gasteiger partial charge in [-0.1, -0.05) is 119 Å². The van der Waals surface area contributed by atoms with Gasteiger partial charge in [-0.3, -0.25) is 4.57 Å². The Morgan fingerprint density at radius 2 is 1.47 bits per heavy atom. The predicted molar refractivity (Wildman–Crippen MR) is 180 cm³/mol.